The highest BCUT2D eigenvalue weighted by Gasteiger charge is 2.28. The van der Waals surface area contributed by atoms with Gasteiger partial charge >= 0.3 is 0 Å². The molecule has 0 aromatic heterocycles. The van der Waals surface area contributed by atoms with E-state index in [1.165, 1.54) is 0 Å². The summed E-state index contributed by atoms with van der Waals surface area (Å²) in [6.07, 6.45) is 4.19. The largest absolute Gasteiger partial charge is 0.271 e. The molecule has 1 aromatic carbocycles. The molecule has 0 bridgehead atoms. The van der Waals surface area contributed by atoms with Gasteiger partial charge in [-0.15, -0.1) is 0 Å². The Bertz CT molecular complexity index is 406. The zero-order chi connectivity index (χ0) is 12.4. The number of hydrazine groups is 1. The van der Waals surface area contributed by atoms with Gasteiger partial charge in [-0.25, -0.2) is 8.78 Å². The monoisotopic (exact) mass is 260 g/mol. The maximum absolute atomic E-state index is 13.8. The van der Waals surface area contributed by atoms with Crippen LogP contribution in [0.5, 0.6) is 0 Å². The van der Waals surface area contributed by atoms with Crippen LogP contribution in [0.25, 0.3) is 0 Å². The van der Waals surface area contributed by atoms with E-state index in [1.807, 2.05) is 0 Å². The molecule has 94 valence electrons. The minimum atomic E-state index is -0.610. The average molecular weight is 261 g/mol. The fourth-order valence-corrected chi connectivity index (χ4v) is 2.70. The van der Waals surface area contributed by atoms with E-state index >= 15 is 0 Å². The molecule has 5 heteroatoms. The Labute approximate surface area is 104 Å². The van der Waals surface area contributed by atoms with Gasteiger partial charge < -0.3 is 0 Å². The van der Waals surface area contributed by atoms with Crippen molar-refractivity contribution in [1.29, 1.82) is 0 Å². The van der Waals surface area contributed by atoms with Crippen molar-refractivity contribution in [2.45, 2.75) is 31.7 Å². The molecule has 1 aliphatic rings. The normalized spacial score (nSPS) is 18.6. The number of nitrogens with one attached hydrogen (secondary N) is 1. The first kappa shape index (κ1) is 12.7. The second-order valence-corrected chi connectivity index (χ2v) is 4.88. The maximum Gasteiger partial charge on any atom is 0.142 e. The number of halogens is 3. The first-order valence-corrected chi connectivity index (χ1v) is 6.12. The standard InChI is InChI=1S/C12H15ClF2N2/c13-9-6-10(14)8(5-11(9)15)12(17-16)7-3-1-2-4-7/h5-7,12,17H,1-4,16H2. The Kier molecular flexibility index (Phi) is 3.97. The van der Waals surface area contributed by atoms with Crippen molar-refractivity contribution in [3.8, 4) is 0 Å². The van der Waals surface area contributed by atoms with E-state index in [4.69, 9.17) is 17.4 Å². The van der Waals surface area contributed by atoms with E-state index in [9.17, 15) is 8.78 Å². The summed E-state index contributed by atoms with van der Waals surface area (Å²) < 4.78 is 27.1. The first-order chi connectivity index (χ1) is 8.13. The van der Waals surface area contributed by atoms with Crippen molar-refractivity contribution in [2.75, 3.05) is 0 Å². The Morgan fingerprint density at radius 1 is 1.24 bits per heavy atom. The molecular formula is C12H15ClF2N2. The topological polar surface area (TPSA) is 38.0 Å². The second kappa shape index (κ2) is 5.29. The molecule has 2 rings (SSSR count). The first-order valence-electron chi connectivity index (χ1n) is 5.74. The number of benzene rings is 1. The van der Waals surface area contributed by atoms with Crippen LogP contribution in [-0.2, 0) is 0 Å². The van der Waals surface area contributed by atoms with E-state index in [-0.39, 0.29) is 22.5 Å². The molecule has 1 saturated carbocycles. The van der Waals surface area contributed by atoms with Crippen LogP contribution < -0.4 is 11.3 Å². The molecule has 0 saturated heterocycles. The van der Waals surface area contributed by atoms with Crippen LogP contribution in [0.3, 0.4) is 0 Å². The van der Waals surface area contributed by atoms with E-state index in [0.29, 0.717) is 0 Å². The van der Waals surface area contributed by atoms with Crippen molar-refractivity contribution in [3.63, 3.8) is 0 Å². The lowest BCUT2D eigenvalue weighted by Gasteiger charge is -2.23. The summed E-state index contributed by atoms with van der Waals surface area (Å²) in [5.41, 5.74) is 2.86. The van der Waals surface area contributed by atoms with Crippen molar-refractivity contribution < 1.29 is 8.78 Å². The number of nitrogens with two attached hydrogens (primary N) is 1. The van der Waals surface area contributed by atoms with Gasteiger partial charge in [0.1, 0.15) is 11.6 Å². The highest BCUT2D eigenvalue weighted by Crippen LogP contribution is 2.37. The van der Waals surface area contributed by atoms with Crippen molar-refractivity contribution in [3.05, 3.63) is 34.4 Å². The van der Waals surface area contributed by atoms with Crippen LogP contribution in [0.1, 0.15) is 37.3 Å². The zero-order valence-corrected chi connectivity index (χ0v) is 10.1. The Hall–Kier alpha value is -0.710. The molecule has 1 atom stereocenters. The molecule has 17 heavy (non-hydrogen) atoms. The van der Waals surface area contributed by atoms with Crippen molar-refractivity contribution in [2.24, 2.45) is 11.8 Å². The number of hydrogen-bond acceptors (Lipinski definition) is 2. The summed E-state index contributed by atoms with van der Waals surface area (Å²) in [5, 5.41) is -0.201. The highest BCUT2D eigenvalue weighted by molar-refractivity contribution is 6.30. The smallest absolute Gasteiger partial charge is 0.142 e. The van der Waals surface area contributed by atoms with E-state index in [0.717, 1.165) is 37.8 Å². The minimum Gasteiger partial charge on any atom is -0.271 e. The van der Waals surface area contributed by atoms with Crippen LogP contribution in [0.4, 0.5) is 8.78 Å². The lowest BCUT2D eigenvalue weighted by atomic mass is 9.92. The van der Waals surface area contributed by atoms with Crippen LogP contribution in [-0.4, -0.2) is 0 Å². The molecule has 0 heterocycles. The third kappa shape index (κ3) is 2.59. The predicted octanol–water partition coefficient (Wildman–Crippen LogP) is 3.31. The van der Waals surface area contributed by atoms with Gasteiger partial charge in [0, 0.05) is 5.56 Å². The third-order valence-corrected chi connectivity index (χ3v) is 3.72. The van der Waals surface area contributed by atoms with Gasteiger partial charge in [0.25, 0.3) is 0 Å². The average Bonchev–Trinajstić information content (AvgIpc) is 2.80. The van der Waals surface area contributed by atoms with E-state index in [2.05, 4.69) is 5.43 Å². The summed E-state index contributed by atoms with van der Waals surface area (Å²) in [5.74, 6) is 4.61. The van der Waals surface area contributed by atoms with Crippen LogP contribution in [0.2, 0.25) is 5.02 Å². The van der Waals surface area contributed by atoms with Crippen LogP contribution >= 0.6 is 11.6 Å². The van der Waals surface area contributed by atoms with Gasteiger partial charge in [0.05, 0.1) is 11.1 Å². The maximum atomic E-state index is 13.8. The lowest BCUT2D eigenvalue weighted by molar-refractivity contribution is 0.360. The van der Waals surface area contributed by atoms with Crippen molar-refractivity contribution in [1.82, 2.24) is 5.43 Å². The predicted molar refractivity (Wildman–Crippen MR) is 63.4 cm³/mol. The van der Waals surface area contributed by atoms with Gasteiger partial charge in [0.15, 0.2) is 0 Å². The fraction of sp³-hybridized carbons (Fsp3) is 0.500. The van der Waals surface area contributed by atoms with Crippen LogP contribution in [0, 0.1) is 17.6 Å². The molecule has 1 fully saturated rings. The van der Waals surface area contributed by atoms with Gasteiger partial charge in [-0.1, -0.05) is 24.4 Å². The second-order valence-electron chi connectivity index (χ2n) is 4.48. The van der Waals surface area contributed by atoms with Gasteiger partial charge in [-0.3, -0.25) is 11.3 Å². The quantitative estimate of drug-likeness (QED) is 0.497. The zero-order valence-electron chi connectivity index (χ0n) is 9.35. The summed E-state index contributed by atoms with van der Waals surface area (Å²) >= 11 is 5.53. The van der Waals surface area contributed by atoms with E-state index in [1.54, 1.807) is 0 Å². The lowest BCUT2D eigenvalue weighted by Crippen LogP contribution is -2.33. The van der Waals surface area contributed by atoms with Crippen molar-refractivity contribution >= 4 is 11.6 Å². The third-order valence-electron chi connectivity index (χ3n) is 3.43. The minimum absolute atomic E-state index is 0.201. The van der Waals surface area contributed by atoms with Gasteiger partial charge in [-0.2, -0.15) is 0 Å². The summed E-state index contributed by atoms with van der Waals surface area (Å²) in [6, 6.07) is 1.80. The Morgan fingerprint density at radius 2 is 1.88 bits per heavy atom. The molecule has 0 amide bonds. The molecule has 1 aromatic rings. The Balaban J connectivity index is 2.32. The molecule has 0 spiro atoms. The van der Waals surface area contributed by atoms with E-state index < -0.39 is 11.6 Å². The molecule has 2 nitrogen and oxygen atoms in total. The Morgan fingerprint density at radius 3 is 2.47 bits per heavy atom. The van der Waals surface area contributed by atoms with Gasteiger partial charge in [0.2, 0.25) is 0 Å². The molecule has 1 aliphatic carbocycles. The number of rotatable bonds is 3. The molecule has 0 radical (unpaired) electrons. The SMILES string of the molecule is NNC(c1cc(F)c(Cl)cc1F)C1CCCC1. The molecule has 1 unspecified atom stereocenters. The summed E-state index contributed by atoms with van der Waals surface area (Å²) in [6.45, 7) is 0. The highest BCUT2D eigenvalue weighted by atomic mass is 35.5. The number of hydrogen-bond donors (Lipinski definition) is 2. The van der Waals surface area contributed by atoms with Gasteiger partial charge in [-0.05, 0) is 30.9 Å². The summed E-state index contributed by atoms with van der Waals surface area (Å²) in [4.78, 5) is 0. The van der Waals surface area contributed by atoms with Crippen LogP contribution in [0.15, 0.2) is 12.1 Å². The molecular weight excluding hydrogens is 246 g/mol. The molecule has 0 aliphatic heterocycles. The summed E-state index contributed by atoms with van der Waals surface area (Å²) in [7, 11) is 0. The fourth-order valence-electron chi connectivity index (χ4n) is 2.55. The molecule has 3 N–H and O–H groups in total.